The van der Waals surface area contributed by atoms with Crippen molar-refractivity contribution in [2.45, 2.75) is 24.5 Å². The minimum absolute atomic E-state index is 0.137. The summed E-state index contributed by atoms with van der Waals surface area (Å²) in [4.78, 5) is 16.3. The molecule has 0 bridgehead atoms. The molecule has 0 aliphatic carbocycles. The van der Waals surface area contributed by atoms with Gasteiger partial charge in [-0.25, -0.2) is 0 Å². The average Bonchev–Trinajstić information content (AvgIpc) is 2.74. The third-order valence-electron chi connectivity index (χ3n) is 5.60. The quantitative estimate of drug-likeness (QED) is 0.597. The molecule has 6 nitrogen and oxygen atoms in total. The van der Waals surface area contributed by atoms with Crippen molar-refractivity contribution >= 4 is 10.9 Å². The number of hydrogen-bond acceptors (Lipinski definition) is 5. The lowest BCUT2D eigenvalue weighted by Crippen LogP contribution is -2.46. The number of aromatic amines is 1. The van der Waals surface area contributed by atoms with Crippen LogP contribution in [0.25, 0.3) is 10.9 Å². The van der Waals surface area contributed by atoms with Gasteiger partial charge in [-0.05, 0) is 42.7 Å². The molecule has 0 radical (unpaired) electrons. The second kappa shape index (κ2) is 8.37. The van der Waals surface area contributed by atoms with Gasteiger partial charge in [-0.2, -0.15) is 0 Å². The summed E-state index contributed by atoms with van der Waals surface area (Å²) in [6.07, 6.45) is 0.671. The summed E-state index contributed by atoms with van der Waals surface area (Å²) in [5.74, 6) is 0.653. The molecule has 1 fully saturated rings. The Balaban J connectivity index is 1.28. The van der Waals surface area contributed by atoms with Gasteiger partial charge >= 0.3 is 0 Å². The molecule has 29 heavy (non-hydrogen) atoms. The molecule has 0 saturated carbocycles. The highest BCUT2D eigenvalue weighted by Gasteiger charge is 2.34. The van der Waals surface area contributed by atoms with Crippen LogP contribution in [-0.2, 0) is 5.60 Å². The van der Waals surface area contributed by atoms with Crippen LogP contribution in [-0.4, -0.2) is 52.4 Å². The van der Waals surface area contributed by atoms with E-state index in [9.17, 15) is 15.0 Å². The fourth-order valence-corrected chi connectivity index (χ4v) is 3.91. The van der Waals surface area contributed by atoms with Gasteiger partial charge in [0.1, 0.15) is 18.5 Å². The van der Waals surface area contributed by atoms with E-state index in [0.29, 0.717) is 25.1 Å². The number of nitrogens with zero attached hydrogens (tertiary/aromatic N) is 1. The zero-order valence-corrected chi connectivity index (χ0v) is 16.3. The molecule has 1 saturated heterocycles. The normalized spacial score (nSPS) is 17.9. The van der Waals surface area contributed by atoms with Gasteiger partial charge in [-0.15, -0.1) is 0 Å². The number of ether oxygens (including phenoxy) is 1. The van der Waals surface area contributed by atoms with Crippen LogP contribution >= 0.6 is 0 Å². The molecule has 6 heteroatoms. The van der Waals surface area contributed by atoms with E-state index in [1.807, 2.05) is 36.4 Å². The van der Waals surface area contributed by atoms with Crippen molar-refractivity contribution < 1.29 is 14.9 Å². The molecule has 1 atom stereocenters. The lowest BCUT2D eigenvalue weighted by molar-refractivity contribution is -0.0372. The number of piperidine rings is 1. The first-order valence-electron chi connectivity index (χ1n) is 9.96. The van der Waals surface area contributed by atoms with Crippen LogP contribution in [0.5, 0.6) is 5.75 Å². The van der Waals surface area contributed by atoms with Crippen molar-refractivity contribution in [3.05, 3.63) is 76.6 Å². The Bertz CT molecular complexity index is 1010. The Kier molecular flexibility index (Phi) is 5.67. The molecule has 1 aliphatic heterocycles. The maximum atomic E-state index is 11.4. The zero-order valence-electron chi connectivity index (χ0n) is 16.3. The summed E-state index contributed by atoms with van der Waals surface area (Å²) in [5.41, 5.74) is 0.791. The minimum atomic E-state index is -0.786. The second-order valence-electron chi connectivity index (χ2n) is 7.73. The average molecular weight is 394 g/mol. The molecule has 2 heterocycles. The number of benzene rings is 2. The molecule has 4 rings (SSSR count). The maximum Gasteiger partial charge on any atom is 0.248 e. The van der Waals surface area contributed by atoms with Crippen LogP contribution in [0, 0.1) is 0 Å². The molecule has 0 amide bonds. The Morgan fingerprint density at radius 3 is 2.59 bits per heavy atom. The smallest absolute Gasteiger partial charge is 0.248 e. The zero-order chi connectivity index (χ0) is 20.3. The van der Waals surface area contributed by atoms with Crippen molar-refractivity contribution in [2.24, 2.45) is 0 Å². The number of nitrogens with one attached hydrogen (secondary N) is 1. The molecule has 1 aromatic heterocycles. The van der Waals surface area contributed by atoms with Crippen molar-refractivity contribution in [3.8, 4) is 5.75 Å². The molecule has 1 aliphatic rings. The largest absolute Gasteiger partial charge is 0.491 e. The molecule has 3 aromatic rings. The third kappa shape index (κ3) is 4.67. The summed E-state index contributed by atoms with van der Waals surface area (Å²) in [7, 11) is 0. The SMILES string of the molecule is O=c1ccc2cc(OCC(O)CN3CCC(O)(c4ccccc4)CC3)ccc2[nH]1. The maximum absolute atomic E-state index is 11.4. The van der Waals surface area contributed by atoms with Crippen molar-refractivity contribution in [1.29, 1.82) is 0 Å². The summed E-state index contributed by atoms with van der Waals surface area (Å²) in [6.45, 7) is 2.15. The van der Waals surface area contributed by atoms with E-state index in [-0.39, 0.29) is 12.2 Å². The Labute approximate surface area is 169 Å². The number of β-amino-alcohol motifs (C(OH)–C–C–N with tert-alkyl or cyclic N) is 1. The number of rotatable bonds is 6. The van der Waals surface area contributed by atoms with Crippen LogP contribution in [0.4, 0.5) is 0 Å². The van der Waals surface area contributed by atoms with E-state index in [2.05, 4.69) is 9.88 Å². The third-order valence-corrected chi connectivity index (χ3v) is 5.60. The van der Waals surface area contributed by atoms with E-state index < -0.39 is 11.7 Å². The highest BCUT2D eigenvalue weighted by Crippen LogP contribution is 2.32. The number of likely N-dealkylation sites (tertiary alicyclic amines) is 1. The Hall–Kier alpha value is -2.67. The van der Waals surface area contributed by atoms with Gasteiger partial charge < -0.3 is 24.8 Å². The number of hydrogen-bond donors (Lipinski definition) is 3. The van der Waals surface area contributed by atoms with Crippen LogP contribution < -0.4 is 10.3 Å². The second-order valence-corrected chi connectivity index (χ2v) is 7.73. The summed E-state index contributed by atoms with van der Waals surface area (Å²) in [5, 5.41) is 22.2. The van der Waals surface area contributed by atoms with Crippen LogP contribution in [0.15, 0.2) is 65.5 Å². The number of aromatic nitrogens is 1. The van der Waals surface area contributed by atoms with E-state index in [0.717, 1.165) is 29.6 Å². The van der Waals surface area contributed by atoms with Gasteiger partial charge in [0, 0.05) is 36.6 Å². The molecule has 2 aromatic carbocycles. The lowest BCUT2D eigenvalue weighted by atomic mass is 9.84. The van der Waals surface area contributed by atoms with E-state index in [1.165, 1.54) is 6.07 Å². The lowest BCUT2D eigenvalue weighted by Gasteiger charge is -2.39. The molecular formula is C23H26N2O4. The molecule has 3 N–H and O–H groups in total. The molecule has 152 valence electrons. The van der Waals surface area contributed by atoms with Crippen molar-refractivity contribution in [1.82, 2.24) is 9.88 Å². The highest BCUT2D eigenvalue weighted by molar-refractivity contribution is 5.79. The van der Waals surface area contributed by atoms with Crippen LogP contribution in [0.3, 0.4) is 0 Å². The van der Waals surface area contributed by atoms with Crippen molar-refractivity contribution in [2.75, 3.05) is 26.2 Å². The summed E-state index contributed by atoms with van der Waals surface area (Å²) >= 11 is 0. The number of H-pyrrole nitrogens is 1. The predicted molar refractivity (Wildman–Crippen MR) is 112 cm³/mol. The topological polar surface area (TPSA) is 85.8 Å². The standard InChI is InChI=1S/C23H26N2O4/c26-19(16-29-20-7-8-21-17(14-20)6-9-22(27)24-21)15-25-12-10-23(28,11-13-25)18-4-2-1-3-5-18/h1-9,14,19,26,28H,10-13,15-16H2,(H,24,27). The Morgan fingerprint density at radius 2 is 1.83 bits per heavy atom. The Morgan fingerprint density at radius 1 is 1.07 bits per heavy atom. The van der Waals surface area contributed by atoms with E-state index in [1.54, 1.807) is 18.2 Å². The van der Waals surface area contributed by atoms with Gasteiger partial charge in [-0.1, -0.05) is 30.3 Å². The van der Waals surface area contributed by atoms with Crippen molar-refractivity contribution in [3.63, 3.8) is 0 Å². The molecule has 0 spiro atoms. The first-order valence-corrected chi connectivity index (χ1v) is 9.96. The van der Waals surface area contributed by atoms with Gasteiger partial charge in [0.15, 0.2) is 0 Å². The number of aliphatic hydroxyl groups is 2. The number of aliphatic hydroxyl groups excluding tert-OH is 1. The predicted octanol–water partition coefficient (Wildman–Crippen LogP) is 2.25. The molecular weight excluding hydrogens is 368 g/mol. The number of pyridine rings is 1. The van der Waals surface area contributed by atoms with Gasteiger partial charge in [0.2, 0.25) is 5.56 Å². The van der Waals surface area contributed by atoms with Crippen LogP contribution in [0.2, 0.25) is 0 Å². The van der Waals surface area contributed by atoms with Gasteiger partial charge in [0.25, 0.3) is 0 Å². The summed E-state index contributed by atoms with van der Waals surface area (Å²) < 4.78 is 5.74. The fourth-order valence-electron chi connectivity index (χ4n) is 3.91. The van der Waals surface area contributed by atoms with E-state index in [4.69, 9.17) is 4.74 Å². The summed E-state index contributed by atoms with van der Waals surface area (Å²) in [6, 6.07) is 18.4. The monoisotopic (exact) mass is 394 g/mol. The minimum Gasteiger partial charge on any atom is -0.491 e. The highest BCUT2D eigenvalue weighted by atomic mass is 16.5. The van der Waals surface area contributed by atoms with Gasteiger partial charge in [-0.3, -0.25) is 4.79 Å². The first-order chi connectivity index (χ1) is 14.0. The van der Waals surface area contributed by atoms with Gasteiger partial charge in [0.05, 0.1) is 5.60 Å². The van der Waals surface area contributed by atoms with E-state index >= 15 is 0 Å². The number of fused-ring (bicyclic) bond motifs is 1. The molecule has 1 unspecified atom stereocenters. The first kappa shape index (κ1) is 19.6. The fraction of sp³-hybridized carbons (Fsp3) is 0.348. The van der Waals surface area contributed by atoms with Crippen LogP contribution in [0.1, 0.15) is 18.4 Å².